The first kappa shape index (κ1) is 21.4. The molecule has 7 heteroatoms. The number of halogens is 2. The quantitative estimate of drug-likeness (QED) is 0.228. The Morgan fingerprint density at radius 1 is 1.24 bits per heavy atom. The zero-order valence-corrected chi connectivity index (χ0v) is 17.8. The zero-order valence-electron chi connectivity index (χ0n) is 16.3. The molecule has 1 heterocycles. The van der Waals surface area contributed by atoms with Crippen LogP contribution in [0.3, 0.4) is 0 Å². The van der Waals surface area contributed by atoms with Crippen LogP contribution in [-0.2, 0) is 18.7 Å². The number of benzene rings is 2. The minimum atomic E-state index is -0.204. The van der Waals surface area contributed by atoms with Gasteiger partial charge in [0, 0.05) is 23.7 Å². The van der Waals surface area contributed by atoms with E-state index in [1.54, 1.807) is 12.1 Å². The van der Waals surface area contributed by atoms with E-state index in [1.165, 1.54) is 17.8 Å². The Balaban J connectivity index is 1.57. The number of allylic oxidation sites excluding steroid dienone is 1. The van der Waals surface area contributed by atoms with Crippen molar-refractivity contribution in [1.29, 1.82) is 0 Å². The molecule has 2 aromatic carbocycles. The number of aryl methyl sites for hydroxylation is 2. The molecule has 0 spiro atoms. The van der Waals surface area contributed by atoms with Gasteiger partial charge in [-0.05, 0) is 48.7 Å². The Labute approximate surface area is 179 Å². The summed E-state index contributed by atoms with van der Waals surface area (Å²) in [4.78, 5) is 0. The Bertz CT molecular complexity index is 976. The number of thioether (sulfide) groups is 1. The third-order valence-electron chi connectivity index (χ3n) is 4.36. The Hall–Kier alpha value is -2.31. The summed E-state index contributed by atoms with van der Waals surface area (Å²) in [5.74, 6) is 2.01. The lowest BCUT2D eigenvalue weighted by molar-refractivity contribution is 0.307. The molecule has 0 aliphatic carbocycles. The second kappa shape index (κ2) is 10.5. The van der Waals surface area contributed by atoms with E-state index in [2.05, 4.69) is 16.8 Å². The van der Waals surface area contributed by atoms with Crippen LogP contribution in [0.5, 0.6) is 5.75 Å². The van der Waals surface area contributed by atoms with Crippen molar-refractivity contribution in [3.05, 3.63) is 82.9 Å². The Morgan fingerprint density at radius 2 is 2.07 bits per heavy atom. The van der Waals surface area contributed by atoms with Crippen LogP contribution in [0.2, 0.25) is 5.02 Å². The highest BCUT2D eigenvalue weighted by molar-refractivity contribution is 7.98. The molecule has 0 fully saturated rings. The van der Waals surface area contributed by atoms with Gasteiger partial charge in [-0.25, -0.2) is 4.39 Å². The lowest BCUT2D eigenvalue weighted by Crippen LogP contribution is -2.07. The summed E-state index contributed by atoms with van der Waals surface area (Å²) in [5.41, 5.74) is 1.66. The van der Waals surface area contributed by atoms with Gasteiger partial charge in [-0.1, -0.05) is 47.6 Å². The molecule has 0 bridgehead atoms. The first-order chi connectivity index (χ1) is 14.1. The number of hydrogen-bond donors (Lipinski definition) is 0. The smallest absolute Gasteiger partial charge is 0.191 e. The normalized spacial score (nSPS) is 10.9. The SMILES string of the molecule is C=CCn1c(CCCOc2ccc(Cl)cc2C)nnc1SCc1ccccc1F. The van der Waals surface area contributed by atoms with Crippen LogP contribution in [0.1, 0.15) is 23.4 Å². The monoisotopic (exact) mass is 431 g/mol. The van der Waals surface area contributed by atoms with Crippen LogP contribution in [0.4, 0.5) is 4.39 Å². The molecule has 1 aromatic heterocycles. The van der Waals surface area contributed by atoms with E-state index < -0.39 is 0 Å². The van der Waals surface area contributed by atoms with E-state index in [-0.39, 0.29) is 5.82 Å². The molecule has 0 radical (unpaired) electrons. The Morgan fingerprint density at radius 3 is 2.83 bits per heavy atom. The van der Waals surface area contributed by atoms with Crippen LogP contribution >= 0.6 is 23.4 Å². The summed E-state index contributed by atoms with van der Waals surface area (Å²) < 4.78 is 21.7. The van der Waals surface area contributed by atoms with E-state index in [1.807, 2.05) is 41.8 Å². The van der Waals surface area contributed by atoms with E-state index in [0.29, 0.717) is 29.5 Å². The van der Waals surface area contributed by atoms with Crippen LogP contribution in [-0.4, -0.2) is 21.4 Å². The number of ether oxygens (including phenoxy) is 1. The molecular formula is C22H23ClFN3OS. The molecular weight excluding hydrogens is 409 g/mol. The number of aromatic nitrogens is 3. The molecule has 0 aliphatic heterocycles. The molecule has 29 heavy (non-hydrogen) atoms. The van der Waals surface area contributed by atoms with Gasteiger partial charge < -0.3 is 9.30 Å². The van der Waals surface area contributed by atoms with E-state index in [4.69, 9.17) is 16.3 Å². The van der Waals surface area contributed by atoms with E-state index in [9.17, 15) is 4.39 Å². The maximum atomic E-state index is 13.8. The standard InChI is InChI=1S/C22H23ClFN3OS/c1-3-12-27-21(9-6-13-28-20-11-10-18(23)14-16(20)2)25-26-22(27)29-15-17-7-4-5-8-19(17)24/h3-5,7-8,10-11,14H,1,6,9,12-13,15H2,2H3. The largest absolute Gasteiger partial charge is 0.493 e. The fourth-order valence-electron chi connectivity index (χ4n) is 2.87. The molecule has 0 unspecified atom stereocenters. The van der Waals surface area contributed by atoms with Crippen LogP contribution in [0, 0.1) is 12.7 Å². The molecule has 0 N–H and O–H groups in total. The van der Waals surface area contributed by atoms with E-state index in [0.717, 1.165) is 35.1 Å². The highest BCUT2D eigenvalue weighted by Crippen LogP contribution is 2.24. The van der Waals surface area contributed by atoms with Gasteiger partial charge in [0.1, 0.15) is 17.4 Å². The second-order valence-corrected chi connectivity index (χ2v) is 7.92. The minimum Gasteiger partial charge on any atom is -0.493 e. The van der Waals surface area contributed by atoms with Gasteiger partial charge in [0.25, 0.3) is 0 Å². The third-order valence-corrected chi connectivity index (χ3v) is 5.61. The van der Waals surface area contributed by atoms with Gasteiger partial charge in [-0.3, -0.25) is 0 Å². The maximum absolute atomic E-state index is 13.8. The summed E-state index contributed by atoms with van der Waals surface area (Å²) in [6.07, 6.45) is 3.34. The topological polar surface area (TPSA) is 39.9 Å². The number of hydrogen-bond acceptors (Lipinski definition) is 4. The minimum absolute atomic E-state index is 0.204. The summed E-state index contributed by atoms with van der Waals surface area (Å²) in [6.45, 7) is 6.98. The predicted molar refractivity (Wildman–Crippen MR) is 116 cm³/mol. The van der Waals surface area contributed by atoms with Gasteiger partial charge >= 0.3 is 0 Å². The van der Waals surface area contributed by atoms with Gasteiger partial charge in [-0.2, -0.15) is 0 Å². The first-order valence-corrected chi connectivity index (χ1v) is 10.7. The van der Waals surface area contributed by atoms with Crippen LogP contribution in [0.25, 0.3) is 0 Å². The summed E-state index contributed by atoms with van der Waals surface area (Å²) >= 11 is 7.45. The fraction of sp³-hybridized carbons (Fsp3) is 0.273. The third kappa shape index (κ3) is 5.84. The number of nitrogens with zero attached hydrogens (tertiary/aromatic N) is 3. The Kier molecular flexibility index (Phi) is 7.72. The summed E-state index contributed by atoms with van der Waals surface area (Å²) in [6, 6.07) is 12.4. The predicted octanol–water partition coefficient (Wildman–Crippen LogP) is 5.87. The molecule has 4 nitrogen and oxygen atoms in total. The molecule has 152 valence electrons. The van der Waals surface area contributed by atoms with Gasteiger partial charge in [0.05, 0.1) is 6.61 Å². The van der Waals surface area contributed by atoms with E-state index >= 15 is 0 Å². The van der Waals surface area contributed by atoms with Crippen LogP contribution < -0.4 is 4.74 Å². The number of rotatable bonds is 10. The fourth-order valence-corrected chi connectivity index (χ4v) is 4.05. The van der Waals surface area contributed by atoms with Crippen molar-refractivity contribution in [1.82, 2.24) is 14.8 Å². The molecule has 0 saturated heterocycles. The van der Waals surface area contributed by atoms with Crippen molar-refractivity contribution >= 4 is 23.4 Å². The van der Waals surface area contributed by atoms with Crippen molar-refractivity contribution in [2.45, 2.75) is 37.2 Å². The van der Waals surface area contributed by atoms with Gasteiger partial charge in [0.15, 0.2) is 5.16 Å². The molecule has 3 aromatic rings. The van der Waals surface area contributed by atoms with Crippen LogP contribution in [0.15, 0.2) is 60.3 Å². The zero-order chi connectivity index (χ0) is 20.6. The molecule has 3 rings (SSSR count). The van der Waals surface area contributed by atoms with Gasteiger partial charge in [-0.15, -0.1) is 16.8 Å². The van der Waals surface area contributed by atoms with Crippen molar-refractivity contribution < 1.29 is 9.13 Å². The average Bonchev–Trinajstić information content (AvgIpc) is 3.08. The average molecular weight is 432 g/mol. The summed E-state index contributed by atoms with van der Waals surface area (Å²) in [5, 5.41) is 10.1. The van der Waals surface area contributed by atoms with Crippen molar-refractivity contribution in [2.24, 2.45) is 0 Å². The summed E-state index contributed by atoms with van der Waals surface area (Å²) in [7, 11) is 0. The molecule has 0 amide bonds. The lowest BCUT2D eigenvalue weighted by Gasteiger charge is -2.10. The van der Waals surface area contributed by atoms with Crippen molar-refractivity contribution in [3.63, 3.8) is 0 Å². The molecule has 0 saturated carbocycles. The highest BCUT2D eigenvalue weighted by Gasteiger charge is 2.13. The molecule has 0 aliphatic rings. The first-order valence-electron chi connectivity index (χ1n) is 9.36. The molecule has 0 atom stereocenters. The maximum Gasteiger partial charge on any atom is 0.191 e. The lowest BCUT2D eigenvalue weighted by atomic mass is 10.2. The highest BCUT2D eigenvalue weighted by atomic mass is 35.5. The van der Waals surface area contributed by atoms with Crippen molar-refractivity contribution in [3.8, 4) is 5.75 Å². The second-order valence-electron chi connectivity index (χ2n) is 6.54. The van der Waals surface area contributed by atoms with Crippen molar-refractivity contribution in [2.75, 3.05) is 6.61 Å². The van der Waals surface area contributed by atoms with Gasteiger partial charge in [0.2, 0.25) is 0 Å².